The van der Waals surface area contributed by atoms with Gasteiger partial charge in [-0.3, -0.25) is 10.3 Å². The van der Waals surface area contributed by atoms with E-state index in [4.69, 9.17) is 32.8 Å². The number of hydrogen-bond acceptors (Lipinski definition) is 4. The molecular formula is C24H17Cl2F3N2O3. The summed E-state index contributed by atoms with van der Waals surface area (Å²) in [5, 5.41) is 2.72. The number of hydrogen-bond donors (Lipinski definition) is 2. The number of halogens is 5. The van der Waals surface area contributed by atoms with Gasteiger partial charge in [0.15, 0.2) is 0 Å². The highest BCUT2D eigenvalue weighted by atomic mass is 35.5. The number of para-hydroxylation sites is 1. The zero-order chi connectivity index (χ0) is 24.3. The molecule has 2 N–H and O–H groups in total. The summed E-state index contributed by atoms with van der Waals surface area (Å²) in [6.45, 7) is 0.169. The molecule has 1 aliphatic rings. The number of amides is 1. The van der Waals surface area contributed by atoms with Crippen LogP contribution in [0.5, 0.6) is 5.75 Å². The quantitative estimate of drug-likeness (QED) is 0.406. The van der Waals surface area contributed by atoms with E-state index in [1.165, 1.54) is 6.07 Å². The number of nitrogens with one attached hydrogen (secondary N) is 2. The average molecular weight is 509 g/mol. The number of carbonyl (C=O) groups is 1. The second-order valence-corrected chi connectivity index (χ2v) is 8.28. The first-order valence-electron chi connectivity index (χ1n) is 9.96. The maximum Gasteiger partial charge on any atom is 0.428 e. The molecular weight excluding hydrogens is 492 g/mol. The number of alkyl halides is 3. The Bertz CT molecular complexity index is 1200. The van der Waals surface area contributed by atoms with Gasteiger partial charge in [-0.15, -0.1) is 0 Å². The third kappa shape index (κ3) is 5.14. The summed E-state index contributed by atoms with van der Waals surface area (Å²) < 4.78 is 47.5. The third-order valence-corrected chi connectivity index (χ3v) is 5.47. The Morgan fingerprint density at radius 2 is 1.65 bits per heavy atom. The summed E-state index contributed by atoms with van der Waals surface area (Å²) in [5.74, 6) is 0.406. The molecule has 4 rings (SSSR count). The van der Waals surface area contributed by atoms with E-state index in [1.54, 1.807) is 54.6 Å². The molecule has 0 fully saturated rings. The Balaban J connectivity index is 1.49. The van der Waals surface area contributed by atoms with Crippen LogP contribution < -0.4 is 15.5 Å². The monoisotopic (exact) mass is 508 g/mol. The normalized spacial score (nSPS) is 17.6. The number of hydroxylamine groups is 1. The lowest BCUT2D eigenvalue weighted by molar-refractivity contribution is -0.269. The van der Waals surface area contributed by atoms with Crippen LogP contribution in [-0.2, 0) is 17.0 Å². The molecule has 34 heavy (non-hydrogen) atoms. The summed E-state index contributed by atoms with van der Waals surface area (Å²) in [5.41, 5.74) is 0.647. The van der Waals surface area contributed by atoms with Crippen LogP contribution in [0.4, 0.5) is 18.0 Å². The molecule has 10 heteroatoms. The fourth-order valence-corrected chi connectivity index (χ4v) is 3.89. The second-order valence-electron chi connectivity index (χ2n) is 7.41. The van der Waals surface area contributed by atoms with Crippen molar-refractivity contribution in [1.82, 2.24) is 10.8 Å². The molecule has 1 aliphatic heterocycles. The molecule has 1 unspecified atom stereocenters. The van der Waals surface area contributed by atoms with Crippen LogP contribution in [0.15, 0.2) is 78.9 Å². The molecule has 1 atom stereocenters. The summed E-state index contributed by atoms with van der Waals surface area (Å²) in [6, 6.07) is 18.8. The van der Waals surface area contributed by atoms with E-state index in [-0.39, 0.29) is 27.9 Å². The standard InChI is InChI=1S/C24H17Cl2F3N2O3/c25-18-10-17(11-19(26)12-18)23(24(27,28)29)13-21(31-34-23)16-8-6-15(7-9-16)14-30-22(32)33-20-4-2-1-3-5-20/h1-13,31H,14H2,(H,30,32). The second kappa shape index (κ2) is 9.58. The van der Waals surface area contributed by atoms with Crippen LogP contribution in [0.25, 0.3) is 5.70 Å². The van der Waals surface area contributed by atoms with Crippen LogP contribution in [0.2, 0.25) is 10.0 Å². The van der Waals surface area contributed by atoms with Gasteiger partial charge >= 0.3 is 12.3 Å². The van der Waals surface area contributed by atoms with Crippen molar-refractivity contribution in [2.45, 2.75) is 18.3 Å². The van der Waals surface area contributed by atoms with E-state index < -0.39 is 17.9 Å². The van der Waals surface area contributed by atoms with Gasteiger partial charge in [-0.25, -0.2) is 4.79 Å². The zero-order valence-electron chi connectivity index (χ0n) is 17.3. The Morgan fingerprint density at radius 3 is 2.26 bits per heavy atom. The largest absolute Gasteiger partial charge is 0.428 e. The summed E-state index contributed by atoms with van der Waals surface area (Å²) in [7, 11) is 0. The van der Waals surface area contributed by atoms with Crippen LogP contribution in [0, 0.1) is 0 Å². The van der Waals surface area contributed by atoms with Crippen molar-refractivity contribution in [3.05, 3.63) is 106 Å². The van der Waals surface area contributed by atoms with Gasteiger partial charge in [0, 0.05) is 22.2 Å². The Labute approximate surface area is 203 Å². The highest BCUT2D eigenvalue weighted by molar-refractivity contribution is 6.34. The van der Waals surface area contributed by atoms with Crippen molar-refractivity contribution >= 4 is 35.0 Å². The van der Waals surface area contributed by atoms with Crippen molar-refractivity contribution in [3.63, 3.8) is 0 Å². The van der Waals surface area contributed by atoms with Crippen LogP contribution in [-0.4, -0.2) is 12.3 Å². The summed E-state index contributed by atoms with van der Waals surface area (Å²) in [4.78, 5) is 17.0. The Hall–Kier alpha value is -3.20. The predicted octanol–water partition coefficient (Wildman–Crippen LogP) is 6.62. The van der Waals surface area contributed by atoms with Gasteiger partial charge in [-0.2, -0.15) is 13.2 Å². The van der Waals surface area contributed by atoms with E-state index in [1.807, 2.05) is 0 Å². The predicted molar refractivity (Wildman–Crippen MR) is 122 cm³/mol. The zero-order valence-corrected chi connectivity index (χ0v) is 18.8. The van der Waals surface area contributed by atoms with Crippen molar-refractivity contribution in [2.24, 2.45) is 0 Å². The van der Waals surface area contributed by atoms with Gasteiger partial charge in [0.1, 0.15) is 5.75 Å². The van der Waals surface area contributed by atoms with Crippen LogP contribution >= 0.6 is 23.2 Å². The number of benzene rings is 3. The highest BCUT2D eigenvalue weighted by Gasteiger charge is 2.59. The lowest BCUT2D eigenvalue weighted by Gasteiger charge is -2.28. The van der Waals surface area contributed by atoms with Gasteiger partial charge in [0.05, 0.1) is 5.70 Å². The first-order valence-corrected chi connectivity index (χ1v) is 10.7. The van der Waals surface area contributed by atoms with Crippen LogP contribution in [0.3, 0.4) is 0 Å². The van der Waals surface area contributed by atoms with E-state index >= 15 is 0 Å². The van der Waals surface area contributed by atoms with Crippen LogP contribution in [0.1, 0.15) is 16.7 Å². The fourth-order valence-electron chi connectivity index (χ4n) is 3.36. The molecule has 0 aromatic heterocycles. The molecule has 1 heterocycles. The topological polar surface area (TPSA) is 59.6 Å². The molecule has 0 radical (unpaired) electrons. The number of rotatable bonds is 5. The molecule has 1 amide bonds. The maximum atomic E-state index is 14.1. The van der Waals surface area contributed by atoms with Gasteiger partial charge in [-0.05, 0) is 47.5 Å². The van der Waals surface area contributed by atoms with Crippen molar-refractivity contribution in [1.29, 1.82) is 0 Å². The molecule has 0 saturated carbocycles. The Kier molecular flexibility index (Phi) is 6.74. The molecule has 5 nitrogen and oxygen atoms in total. The van der Waals surface area contributed by atoms with Crippen molar-refractivity contribution in [2.75, 3.05) is 0 Å². The molecule has 0 bridgehead atoms. The molecule has 0 aliphatic carbocycles. The molecule has 0 saturated heterocycles. The Morgan fingerprint density at radius 1 is 1.00 bits per heavy atom. The first-order chi connectivity index (χ1) is 16.2. The number of carbonyl (C=O) groups excluding carboxylic acids is 1. The van der Waals surface area contributed by atoms with Gasteiger partial charge in [0.2, 0.25) is 5.60 Å². The lowest BCUT2D eigenvalue weighted by atomic mass is 9.91. The van der Waals surface area contributed by atoms with E-state index in [2.05, 4.69) is 10.8 Å². The summed E-state index contributed by atoms with van der Waals surface area (Å²) in [6.07, 6.45) is -4.47. The van der Waals surface area contributed by atoms with E-state index in [0.717, 1.165) is 23.8 Å². The minimum Gasteiger partial charge on any atom is -0.410 e. The number of ether oxygens (including phenoxy) is 1. The molecule has 0 spiro atoms. The van der Waals surface area contributed by atoms with Gasteiger partial charge in [-0.1, -0.05) is 65.7 Å². The highest BCUT2D eigenvalue weighted by Crippen LogP contribution is 2.48. The van der Waals surface area contributed by atoms with Crippen molar-refractivity contribution < 1.29 is 27.5 Å². The SMILES string of the molecule is O=C(NCc1ccc(C2=CC(c3cc(Cl)cc(Cl)c3)(C(F)(F)F)ON2)cc1)Oc1ccccc1. The fraction of sp³-hybridized carbons (Fsp3) is 0.125. The average Bonchev–Trinajstić information content (AvgIpc) is 3.25. The van der Waals surface area contributed by atoms with Gasteiger partial charge < -0.3 is 10.1 Å². The summed E-state index contributed by atoms with van der Waals surface area (Å²) >= 11 is 11.8. The molecule has 3 aromatic rings. The first kappa shape index (κ1) is 23.9. The third-order valence-electron chi connectivity index (χ3n) is 5.04. The lowest BCUT2D eigenvalue weighted by Crippen LogP contribution is -2.42. The maximum absolute atomic E-state index is 14.1. The smallest absolute Gasteiger partial charge is 0.410 e. The van der Waals surface area contributed by atoms with Gasteiger partial charge in [0.25, 0.3) is 0 Å². The van der Waals surface area contributed by atoms with E-state index in [0.29, 0.717) is 11.3 Å². The van der Waals surface area contributed by atoms with Crippen molar-refractivity contribution in [3.8, 4) is 5.75 Å². The minimum absolute atomic E-state index is 0.0548. The minimum atomic E-state index is -4.79. The molecule has 176 valence electrons. The molecule has 3 aromatic carbocycles. The van der Waals surface area contributed by atoms with E-state index in [9.17, 15) is 18.0 Å².